The monoisotopic (exact) mass is 235 g/mol. The predicted octanol–water partition coefficient (Wildman–Crippen LogP) is -0.617. The first-order valence-electron chi connectivity index (χ1n) is 5.41. The van der Waals surface area contributed by atoms with Gasteiger partial charge in [-0.25, -0.2) is 0 Å². The summed E-state index contributed by atoms with van der Waals surface area (Å²) in [6.07, 6.45) is 2.47. The maximum atomic E-state index is 11.8. The number of aromatic amines is 1. The van der Waals surface area contributed by atoms with E-state index in [1.165, 1.54) is 18.3 Å². The molecule has 0 saturated carbocycles. The number of hydrogen-bond donors (Lipinski definition) is 3. The van der Waals surface area contributed by atoms with Crippen molar-refractivity contribution in [3.63, 3.8) is 0 Å². The van der Waals surface area contributed by atoms with Gasteiger partial charge in [-0.3, -0.25) is 14.4 Å². The molecule has 3 N–H and O–H groups in total. The fourth-order valence-electron chi connectivity index (χ4n) is 1.71. The molecule has 1 aliphatic heterocycles. The number of carbonyl (C=O) groups is 2. The number of hydrogen-bond acceptors (Lipinski definition) is 3. The number of rotatable bonds is 2. The Balaban J connectivity index is 1.97. The van der Waals surface area contributed by atoms with Crippen LogP contribution in [0.3, 0.4) is 0 Å². The van der Waals surface area contributed by atoms with Crippen LogP contribution >= 0.6 is 0 Å². The lowest BCUT2D eigenvalue weighted by Crippen LogP contribution is -2.47. The minimum atomic E-state index is -0.311. The van der Waals surface area contributed by atoms with Gasteiger partial charge in [0.1, 0.15) is 0 Å². The average molecular weight is 235 g/mol. The third-order valence-corrected chi connectivity index (χ3v) is 2.64. The van der Waals surface area contributed by atoms with Gasteiger partial charge in [0.25, 0.3) is 5.91 Å². The SMILES string of the molecule is O=C1CCC(NC(=O)c2cc[nH]c(=O)c2)CN1. The highest BCUT2D eigenvalue weighted by Gasteiger charge is 2.20. The number of pyridine rings is 1. The van der Waals surface area contributed by atoms with Crippen molar-refractivity contribution >= 4 is 11.8 Å². The van der Waals surface area contributed by atoms with Crippen LogP contribution in [0, 0.1) is 0 Å². The van der Waals surface area contributed by atoms with Crippen molar-refractivity contribution < 1.29 is 9.59 Å². The van der Waals surface area contributed by atoms with Crippen LogP contribution < -0.4 is 16.2 Å². The van der Waals surface area contributed by atoms with Crippen LogP contribution in [-0.2, 0) is 4.79 Å². The number of piperidine rings is 1. The second-order valence-electron chi connectivity index (χ2n) is 3.95. The minimum Gasteiger partial charge on any atom is -0.354 e. The quantitative estimate of drug-likeness (QED) is 0.638. The molecule has 0 spiro atoms. The van der Waals surface area contributed by atoms with Gasteiger partial charge in [-0.15, -0.1) is 0 Å². The third-order valence-electron chi connectivity index (χ3n) is 2.64. The van der Waals surface area contributed by atoms with Gasteiger partial charge in [-0.2, -0.15) is 0 Å². The van der Waals surface area contributed by atoms with Crippen molar-refractivity contribution in [1.29, 1.82) is 0 Å². The Kier molecular flexibility index (Phi) is 3.22. The maximum absolute atomic E-state index is 11.8. The Hall–Kier alpha value is -2.11. The number of aromatic nitrogens is 1. The summed E-state index contributed by atoms with van der Waals surface area (Å²) in [5, 5.41) is 5.46. The summed E-state index contributed by atoms with van der Waals surface area (Å²) in [6, 6.07) is 2.72. The Morgan fingerprint density at radius 1 is 1.41 bits per heavy atom. The zero-order valence-electron chi connectivity index (χ0n) is 9.16. The van der Waals surface area contributed by atoms with Crippen molar-refractivity contribution in [2.45, 2.75) is 18.9 Å². The van der Waals surface area contributed by atoms with E-state index in [0.29, 0.717) is 24.9 Å². The van der Waals surface area contributed by atoms with E-state index < -0.39 is 0 Å². The third kappa shape index (κ3) is 2.93. The van der Waals surface area contributed by atoms with E-state index in [2.05, 4.69) is 15.6 Å². The zero-order valence-corrected chi connectivity index (χ0v) is 9.16. The summed E-state index contributed by atoms with van der Waals surface area (Å²) in [5.74, 6) is -0.288. The first-order valence-corrected chi connectivity index (χ1v) is 5.41. The largest absolute Gasteiger partial charge is 0.354 e. The van der Waals surface area contributed by atoms with Crippen molar-refractivity contribution in [3.05, 3.63) is 34.2 Å². The molecule has 6 heteroatoms. The van der Waals surface area contributed by atoms with Crippen molar-refractivity contribution in [1.82, 2.24) is 15.6 Å². The molecule has 17 heavy (non-hydrogen) atoms. The van der Waals surface area contributed by atoms with Crippen LogP contribution in [-0.4, -0.2) is 29.4 Å². The van der Waals surface area contributed by atoms with Gasteiger partial charge in [0.05, 0.1) is 0 Å². The van der Waals surface area contributed by atoms with Crippen molar-refractivity contribution in [2.75, 3.05) is 6.54 Å². The lowest BCUT2D eigenvalue weighted by Gasteiger charge is -2.23. The Morgan fingerprint density at radius 3 is 2.88 bits per heavy atom. The molecule has 6 nitrogen and oxygen atoms in total. The van der Waals surface area contributed by atoms with E-state index in [1.807, 2.05) is 0 Å². The topological polar surface area (TPSA) is 91.1 Å². The molecule has 1 aromatic rings. The van der Waals surface area contributed by atoms with Gasteiger partial charge in [-0.05, 0) is 12.5 Å². The van der Waals surface area contributed by atoms with Gasteiger partial charge in [-0.1, -0.05) is 0 Å². The summed E-state index contributed by atoms with van der Waals surface area (Å²) in [4.78, 5) is 36.2. The van der Waals surface area contributed by atoms with Crippen LogP contribution in [0.5, 0.6) is 0 Å². The van der Waals surface area contributed by atoms with Crippen molar-refractivity contribution in [3.8, 4) is 0 Å². The number of H-pyrrole nitrogens is 1. The van der Waals surface area contributed by atoms with Gasteiger partial charge in [0, 0.05) is 36.8 Å². The second kappa shape index (κ2) is 4.82. The molecule has 1 atom stereocenters. The molecule has 1 saturated heterocycles. The molecular formula is C11H13N3O3. The molecule has 1 aliphatic rings. The molecule has 1 unspecified atom stereocenters. The lowest BCUT2D eigenvalue weighted by molar-refractivity contribution is -0.122. The predicted molar refractivity (Wildman–Crippen MR) is 60.6 cm³/mol. The first-order chi connectivity index (χ1) is 8.15. The number of carbonyl (C=O) groups excluding carboxylic acids is 2. The molecule has 2 heterocycles. The molecule has 2 rings (SSSR count). The second-order valence-corrected chi connectivity index (χ2v) is 3.95. The molecule has 0 bridgehead atoms. The molecular weight excluding hydrogens is 222 g/mol. The molecule has 90 valence electrons. The van der Waals surface area contributed by atoms with Crippen LogP contribution in [0.1, 0.15) is 23.2 Å². The normalized spacial score (nSPS) is 19.5. The number of nitrogens with one attached hydrogen (secondary N) is 3. The Labute approximate surface area is 97.4 Å². The maximum Gasteiger partial charge on any atom is 0.251 e. The standard InChI is InChI=1S/C11H13N3O3/c15-9-2-1-8(6-13-9)14-11(17)7-3-4-12-10(16)5-7/h3-5,8H,1-2,6H2,(H,12,16)(H,13,15)(H,14,17). The van der Waals surface area contributed by atoms with Gasteiger partial charge in [0.2, 0.25) is 11.5 Å². The van der Waals surface area contributed by atoms with Gasteiger partial charge >= 0.3 is 0 Å². The van der Waals surface area contributed by atoms with E-state index in [1.54, 1.807) is 0 Å². The minimum absolute atomic E-state index is 0.00616. The van der Waals surface area contributed by atoms with Crippen LogP contribution in [0.25, 0.3) is 0 Å². The highest BCUT2D eigenvalue weighted by molar-refractivity contribution is 5.94. The van der Waals surface area contributed by atoms with E-state index >= 15 is 0 Å². The summed E-state index contributed by atoms with van der Waals surface area (Å²) in [5.41, 5.74) is 0.0141. The summed E-state index contributed by atoms with van der Waals surface area (Å²) < 4.78 is 0. The first kappa shape index (κ1) is 11.4. The van der Waals surface area contributed by atoms with Gasteiger partial charge < -0.3 is 15.6 Å². The molecule has 2 amide bonds. The van der Waals surface area contributed by atoms with E-state index in [4.69, 9.17) is 0 Å². The zero-order chi connectivity index (χ0) is 12.3. The summed E-state index contributed by atoms with van der Waals surface area (Å²) in [6.45, 7) is 0.438. The van der Waals surface area contributed by atoms with Crippen molar-refractivity contribution in [2.24, 2.45) is 0 Å². The van der Waals surface area contributed by atoms with Crippen LogP contribution in [0.4, 0.5) is 0 Å². The Bertz CT molecular complexity index is 485. The molecule has 0 aromatic carbocycles. The van der Waals surface area contributed by atoms with E-state index in [9.17, 15) is 14.4 Å². The van der Waals surface area contributed by atoms with E-state index in [-0.39, 0.29) is 23.4 Å². The summed E-state index contributed by atoms with van der Waals surface area (Å²) >= 11 is 0. The highest BCUT2D eigenvalue weighted by Crippen LogP contribution is 2.04. The van der Waals surface area contributed by atoms with Crippen LogP contribution in [0.15, 0.2) is 23.1 Å². The summed E-state index contributed by atoms with van der Waals surface area (Å²) in [7, 11) is 0. The lowest BCUT2D eigenvalue weighted by atomic mass is 10.1. The fourth-order valence-corrected chi connectivity index (χ4v) is 1.71. The Morgan fingerprint density at radius 2 is 2.24 bits per heavy atom. The van der Waals surface area contributed by atoms with E-state index in [0.717, 1.165) is 0 Å². The van der Waals surface area contributed by atoms with Gasteiger partial charge in [0.15, 0.2) is 0 Å². The highest BCUT2D eigenvalue weighted by atomic mass is 16.2. The molecule has 1 fully saturated rings. The molecule has 1 aromatic heterocycles. The average Bonchev–Trinajstić information content (AvgIpc) is 2.32. The fraction of sp³-hybridized carbons (Fsp3) is 0.364. The molecule has 0 radical (unpaired) electrons. The smallest absolute Gasteiger partial charge is 0.251 e. The van der Waals surface area contributed by atoms with Crippen LogP contribution in [0.2, 0.25) is 0 Å². The molecule has 0 aliphatic carbocycles. The number of amides is 2.